The lowest BCUT2D eigenvalue weighted by Crippen LogP contribution is -2.17. The SMILES string of the molecule is Cc1[nH]cnc1CNCC1CC1C. The van der Waals surface area contributed by atoms with Crippen molar-refractivity contribution in [1.29, 1.82) is 0 Å². The van der Waals surface area contributed by atoms with Gasteiger partial charge >= 0.3 is 0 Å². The van der Waals surface area contributed by atoms with Gasteiger partial charge in [-0.05, 0) is 31.7 Å². The molecule has 0 amide bonds. The molecule has 1 aliphatic carbocycles. The van der Waals surface area contributed by atoms with Crippen LogP contribution in [0.15, 0.2) is 6.33 Å². The van der Waals surface area contributed by atoms with E-state index in [9.17, 15) is 0 Å². The Morgan fingerprint density at radius 1 is 1.69 bits per heavy atom. The third kappa shape index (κ3) is 2.10. The van der Waals surface area contributed by atoms with Crippen molar-refractivity contribution in [2.24, 2.45) is 11.8 Å². The Kier molecular flexibility index (Phi) is 2.36. The number of hydrogen-bond acceptors (Lipinski definition) is 2. The molecule has 0 aliphatic heterocycles. The highest BCUT2D eigenvalue weighted by Gasteiger charge is 2.31. The van der Waals surface area contributed by atoms with Crippen LogP contribution in [-0.2, 0) is 6.54 Å². The zero-order valence-corrected chi connectivity index (χ0v) is 8.30. The van der Waals surface area contributed by atoms with Gasteiger partial charge in [-0.15, -0.1) is 0 Å². The van der Waals surface area contributed by atoms with E-state index in [-0.39, 0.29) is 0 Å². The van der Waals surface area contributed by atoms with Crippen molar-refractivity contribution in [2.75, 3.05) is 6.54 Å². The number of aromatic nitrogens is 2. The maximum Gasteiger partial charge on any atom is 0.0925 e. The quantitative estimate of drug-likeness (QED) is 0.734. The van der Waals surface area contributed by atoms with Gasteiger partial charge in [0, 0.05) is 12.2 Å². The lowest BCUT2D eigenvalue weighted by atomic mass is 10.3. The van der Waals surface area contributed by atoms with Crippen molar-refractivity contribution in [3.63, 3.8) is 0 Å². The molecule has 2 N–H and O–H groups in total. The van der Waals surface area contributed by atoms with Crippen molar-refractivity contribution >= 4 is 0 Å². The molecule has 1 aromatic rings. The summed E-state index contributed by atoms with van der Waals surface area (Å²) in [6.07, 6.45) is 3.15. The first-order valence-corrected chi connectivity index (χ1v) is 4.97. The second kappa shape index (κ2) is 3.50. The molecule has 2 unspecified atom stereocenters. The molecule has 0 spiro atoms. The van der Waals surface area contributed by atoms with Gasteiger partial charge in [0.1, 0.15) is 0 Å². The summed E-state index contributed by atoms with van der Waals surface area (Å²) in [4.78, 5) is 7.31. The Hall–Kier alpha value is -0.830. The molecule has 3 nitrogen and oxygen atoms in total. The molecular formula is C10H17N3. The molecular weight excluding hydrogens is 162 g/mol. The molecule has 0 radical (unpaired) electrons. The van der Waals surface area contributed by atoms with E-state index in [0.717, 1.165) is 30.6 Å². The maximum atomic E-state index is 4.23. The predicted octanol–water partition coefficient (Wildman–Crippen LogP) is 1.46. The summed E-state index contributed by atoms with van der Waals surface area (Å²) in [7, 11) is 0. The second-order valence-electron chi connectivity index (χ2n) is 4.08. The number of nitrogens with zero attached hydrogens (tertiary/aromatic N) is 1. The standard InChI is InChI=1S/C10H17N3/c1-7-3-9(7)4-11-5-10-8(2)12-6-13-10/h6-7,9,11H,3-5H2,1-2H3,(H,12,13). The molecule has 3 heteroatoms. The number of hydrogen-bond donors (Lipinski definition) is 2. The highest BCUT2D eigenvalue weighted by Crippen LogP contribution is 2.36. The summed E-state index contributed by atoms with van der Waals surface area (Å²) in [5.41, 5.74) is 2.32. The predicted molar refractivity (Wildman–Crippen MR) is 52.3 cm³/mol. The first kappa shape index (κ1) is 8.75. The summed E-state index contributed by atoms with van der Waals surface area (Å²) in [6.45, 7) is 6.42. The smallest absolute Gasteiger partial charge is 0.0925 e. The fourth-order valence-corrected chi connectivity index (χ4v) is 1.62. The number of aryl methyl sites for hydroxylation is 1. The zero-order chi connectivity index (χ0) is 9.26. The van der Waals surface area contributed by atoms with Crippen LogP contribution >= 0.6 is 0 Å². The number of rotatable bonds is 4. The molecule has 1 heterocycles. The zero-order valence-electron chi connectivity index (χ0n) is 8.30. The summed E-state index contributed by atoms with van der Waals surface area (Å²) in [5.74, 6) is 1.85. The van der Waals surface area contributed by atoms with Gasteiger partial charge in [0.2, 0.25) is 0 Å². The second-order valence-corrected chi connectivity index (χ2v) is 4.08. The molecule has 13 heavy (non-hydrogen) atoms. The van der Waals surface area contributed by atoms with Gasteiger partial charge in [-0.1, -0.05) is 6.92 Å². The summed E-state index contributed by atoms with van der Waals surface area (Å²) in [5, 5.41) is 3.44. The first-order chi connectivity index (χ1) is 6.27. The Bertz CT molecular complexity index is 279. The van der Waals surface area contributed by atoms with Gasteiger partial charge in [-0.25, -0.2) is 4.98 Å². The number of nitrogens with one attached hydrogen (secondary N) is 2. The van der Waals surface area contributed by atoms with E-state index in [2.05, 4.69) is 29.1 Å². The van der Waals surface area contributed by atoms with Gasteiger partial charge in [0.15, 0.2) is 0 Å². The highest BCUT2D eigenvalue weighted by molar-refractivity contribution is 5.08. The van der Waals surface area contributed by atoms with E-state index in [1.54, 1.807) is 6.33 Å². The van der Waals surface area contributed by atoms with Crippen LogP contribution in [0.25, 0.3) is 0 Å². The Morgan fingerprint density at radius 3 is 3.00 bits per heavy atom. The molecule has 1 fully saturated rings. The van der Waals surface area contributed by atoms with Crippen molar-refractivity contribution < 1.29 is 0 Å². The van der Waals surface area contributed by atoms with Crippen LogP contribution in [0, 0.1) is 18.8 Å². The topological polar surface area (TPSA) is 40.7 Å². The van der Waals surface area contributed by atoms with Crippen molar-refractivity contribution in [3.05, 3.63) is 17.7 Å². The normalized spacial score (nSPS) is 26.3. The average Bonchev–Trinajstić information content (AvgIpc) is 2.63. The minimum Gasteiger partial charge on any atom is -0.348 e. The molecule has 1 saturated carbocycles. The van der Waals surface area contributed by atoms with Crippen LogP contribution in [0.1, 0.15) is 24.7 Å². The van der Waals surface area contributed by atoms with Gasteiger partial charge in [-0.3, -0.25) is 0 Å². The van der Waals surface area contributed by atoms with Gasteiger partial charge in [-0.2, -0.15) is 0 Å². The summed E-state index contributed by atoms with van der Waals surface area (Å²) in [6, 6.07) is 0. The third-order valence-corrected chi connectivity index (χ3v) is 2.91. The molecule has 1 aliphatic rings. The van der Waals surface area contributed by atoms with Crippen LogP contribution in [-0.4, -0.2) is 16.5 Å². The van der Waals surface area contributed by atoms with E-state index in [1.165, 1.54) is 12.1 Å². The summed E-state index contributed by atoms with van der Waals surface area (Å²) >= 11 is 0. The largest absolute Gasteiger partial charge is 0.348 e. The molecule has 72 valence electrons. The van der Waals surface area contributed by atoms with Gasteiger partial charge < -0.3 is 10.3 Å². The fraction of sp³-hybridized carbons (Fsp3) is 0.700. The highest BCUT2D eigenvalue weighted by atomic mass is 14.9. The van der Waals surface area contributed by atoms with Crippen molar-refractivity contribution in [2.45, 2.75) is 26.8 Å². The first-order valence-electron chi connectivity index (χ1n) is 4.97. The Balaban J connectivity index is 1.71. The van der Waals surface area contributed by atoms with Crippen LogP contribution in [0.3, 0.4) is 0 Å². The fourth-order valence-electron chi connectivity index (χ4n) is 1.62. The van der Waals surface area contributed by atoms with E-state index in [4.69, 9.17) is 0 Å². The van der Waals surface area contributed by atoms with E-state index in [1.807, 2.05) is 0 Å². The number of aromatic amines is 1. The lowest BCUT2D eigenvalue weighted by Gasteiger charge is -2.01. The molecule has 2 atom stereocenters. The minimum atomic E-state index is 0.901. The molecule has 0 saturated heterocycles. The van der Waals surface area contributed by atoms with Crippen LogP contribution < -0.4 is 5.32 Å². The summed E-state index contributed by atoms with van der Waals surface area (Å²) < 4.78 is 0. The third-order valence-electron chi connectivity index (χ3n) is 2.91. The average molecular weight is 179 g/mol. The molecule has 0 bridgehead atoms. The van der Waals surface area contributed by atoms with Gasteiger partial charge in [0.25, 0.3) is 0 Å². The lowest BCUT2D eigenvalue weighted by molar-refractivity contribution is 0.605. The maximum absolute atomic E-state index is 4.23. The van der Waals surface area contributed by atoms with E-state index >= 15 is 0 Å². The van der Waals surface area contributed by atoms with Crippen molar-refractivity contribution in [3.8, 4) is 0 Å². The molecule has 2 rings (SSSR count). The minimum absolute atomic E-state index is 0.901. The monoisotopic (exact) mass is 179 g/mol. The number of H-pyrrole nitrogens is 1. The van der Waals surface area contributed by atoms with Crippen LogP contribution in [0.4, 0.5) is 0 Å². The molecule has 0 aromatic carbocycles. The van der Waals surface area contributed by atoms with E-state index in [0.29, 0.717) is 0 Å². The number of imidazole rings is 1. The molecule has 1 aromatic heterocycles. The Labute approximate surface area is 79.0 Å². The van der Waals surface area contributed by atoms with Crippen molar-refractivity contribution in [1.82, 2.24) is 15.3 Å². The Morgan fingerprint density at radius 2 is 2.46 bits per heavy atom. The van der Waals surface area contributed by atoms with E-state index < -0.39 is 0 Å². The van der Waals surface area contributed by atoms with Gasteiger partial charge in [0.05, 0.1) is 12.0 Å². The van der Waals surface area contributed by atoms with Crippen LogP contribution in [0.5, 0.6) is 0 Å². The van der Waals surface area contributed by atoms with Crippen LogP contribution in [0.2, 0.25) is 0 Å².